The summed E-state index contributed by atoms with van der Waals surface area (Å²) in [5.41, 5.74) is 6.07. The van der Waals surface area contributed by atoms with Crippen LogP contribution in [0.15, 0.2) is 18.2 Å². The number of carbonyl (C=O) groups is 5. The molecule has 2 aliphatic rings. The van der Waals surface area contributed by atoms with Crippen LogP contribution in [0.3, 0.4) is 0 Å². The molecule has 1 aromatic carbocycles. The standard InChI is InChI=1S/C23H31N5O8/c24-14-19(30)26-7-9-35-11-13-36-12-10-34-8-6-25-16-3-1-2-15-20(16)23(33)28(22(15)32)17-4-5-18(29)27-21(17)31/h1-3,17,25H,4-14,24H2,(H,26,30)(H,27,29,31). The van der Waals surface area contributed by atoms with Crippen LogP contribution in [0.1, 0.15) is 33.6 Å². The van der Waals surface area contributed by atoms with Gasteiger partial charge in [-0.3, -0.25) is 34.2 Å². The smallest absolute Gasteiger partial charge is 0.264 e. The molecule has 2 heterocycles. The lowest BCUT2D eigenvalue weighted by Crippen LogP contribution is -2.54. The number of imide groups is 2. The van der Waals surface area contributed by atoms with Gasteiger partial charge in [-0.05, 0) is 18.6 Å². The molecular formula is C23H31N5O8. The fourth-order valence-electron chi connectivity index (χ4n) is 3.80. The summed E-state index contributed by atoms with van der Waals surface area (Å²) in [6.07, 6.45) is 0.172. The summed E-state index contributed by atoms with van der Waals surface area (Å²) in [6.45, 7) is 2.96. The van der Waals surface area contributed by atoms with Crippen LogP contribution in [0.2, 0.25) is 0 Å². The highest BCUT2D eigenvalue weighted by molar-refractivity contribution is 6.25. The van der Waals surface area contributed by atoms with Gasteiger partial charge in [0.05, 0.1) is 57.3 Å². The predicted molar refractivity (Wildman–Crippen MR) is 126 cm³/mol. The van der Waals surface area contributed by atoms with E-state index in [-0.39, 0.29) is 36.4 Å². The average Bonchev–Trinajstić information content (AvgIpc) is 3.12. The van der Waals surface area contributed by atoms with Gasteiger partial charge in [-0.15, -0.1) is 0 Å². The molecule has 0 saturated carbocycles. The van der Waals surface area contributed by atoms with E-state index in [4.69, 9.17) is 19.9 Å². The molecule has 5 N–H and O–H groups in total. The van der Waals surface area contributed by atoms with E-state index >= 15 is 0 Å². The van der Waals surface area contributed by atoms with Gasteiger partial charge in [0, 0.05) is 25.2 Å². The van der Waals surface area contributed by atoms with Crippen molar-refractivity contribution in [2.45, 2.75) is 18.9 Å². The first-order valence-electron chi connectivity index (χ1n) is 11.7. The van der Waals surface area contributed by atoms with Gasteiger partial charge >= 0.3 is 0 Å². The van der Waals surface area contributed by atoms with Crippen molar-refractivity contribution in [1.82, 2.24) is 15.5 Å². The van der Waals surface area contributed by atoms with Crippen molar-refractivity contribution in [2.24, 2.45) is 5.73 Å². The highest BCUT2D eigenvalue weighted by atomic mass is 16.5. The minimum Gasteiger partial charge on any atom is -0.382 e. The van der Waals surface area contributed by atoms with E-state index in [1.54, 1.807) is 18.2 Å². The monoisotopic (exact) mass is 505 g/mol. The number of fused-ring (bicyclic) bond motifs is 1. The maximum Gasteiger partial charge on any atom is 0.264 e. The normalized spacial score (nSPS) is 17.2. The van der Waals surface area contributed by atoms with Crippen molar-refractivity contribution < 1.29 is 38.2 Å². The number of amides is 5. The summed E-state index contributed by atoms with van der Waals surface area (Å²) in [5, 5.41) is 7.88. The number of ether oxygens (including phenoxy) is 3. The number of carbonyl (C=O) groups excluding carboxylic acids is 5. The van der Waals surface area contributed by atoms with Gasteiger partial charge in [0.2, 0.25) is 17.7 Å². The molecule has 1 fully saturated rings. The van der Waals surface area contributed by atoms with E-state index in [1.807, 2.05) is 0 Å². The molecule has 0 aliphatic carbocycles. The lowest BCUT2D eigenvalue weighted by Gasteiger charge is -2.27. The molecule has 0 bridgehead atoms. The van der Waals surface area contributed by atoms with Gasteiger partial charge < -0.3 is 30.6 Å². The second-order valence-corrected chi connectivity index (χ2v) is 7.99. The van der Waals surface area contributed by atoms with Crippen molar-refractivity contribution in [2.75, 3.05) is 64.6 Å². The number of nitrogens with one attached hydrogen (secondary N) is 3. The third kappa shape index (κ3) is 7.07. The second kappa shape index (κ2) is 13.6. The number of benzene rings is 1. The topological polar surface area (TPSA) is 178 Å². The van der Waals surface area contributed by atoms with Crippen LogP contribution in [-0.4, -0.2) is 99.8 Å². The summed E-state index contributed by atoms with van der Waals surface area (Å²) < 4.78 is 16.2. The fourth-order valence-corrected chi connectivity index (χ4v) is 3.80. The van der Waals surface area contributed by atoms with Crippen molar-refractivity contribution in [3.63, 3.8) is 0 Å². The molecule has 0 spiro atoms. The number of nitrogens with zero attached hydrogens (tertiary/aromatic N) is 1. The Kier molecular flexibility index (Phi) is 10.3. The zero-order chi connectivity index (χ0) is 25.9. The molecule has 1 aromatic rings. The molecule has 196 valence electrons. The van der Waals surface area contributed by atoms with Crippen molar-refractivity contribution >= 4 is 35.2 Å². The second-order valence-electron chi connectivity index (χ2n) is 7.99. The van der Waals surface area contributed by atoms with Crippen LogP contribution in [-0.2, 0) is 28.6 Å². The zero-order valence-corrected chi connectivity index (χ0v) is 19.9. The highest BCUT2D eigenvalue weighted by Gasteiger charge is 2.45. The molecule has 5 amide bonds. The summed E-state index contributed by atoms with van der Waals surface area (Å²) in [5.74, 6) is -2.41. The van der Waals surface area contributed by atoms with Gasteiger partial charge in [-0.1, -0.05) is 6.07 Å². The van der Waals surface area contributed by atoms with E-state index in [0.29, 0.717) is 58.4 Å². The van der Waals surface area contributed by atoms with Gasteiger partial charge in [0.25, 0.3) is 11.8 Å². The molecule has 1 unspecified atom stereocenters. The number of piperidine rings is 1. The Morgan fingerprint density at radius 2 is 1.64 bits per heavy atom. The van der Waals surface area contributed by atoms with Gasteiger partial charge in [0.15, 0.2) is 0 Å². The fraction of sp³-hybridized carbons (Fsp3) is 0.522. The summed E-state index contributed by atoms with van der Waals surface area (Å²) >= 11 is 0. The van der Waals surface area contributed by atoms with Crippen LogP contribution in [0.5, 0.6) is 0 Å². The van der Waals surface area contributed by atoms with E-state index < -0.39 is 29.7 Å². The number of nitrogens with two attached hydrogens (primary N) is 1. The van der Waals surface area contributed by atoms with Crippen LogP contribution in [0.4, 0.5) is 5.69 Å². The van der Waals surface area contributed by atoms with Crippen molar-refractivity contribution in [3.8, 4) is 0 Å². The third-order valence-corrected chi connectivity index (χ3v) is 5.53. The molecular weight excluding hydrogens is 474 g/mol. The first-order chi connectivity index (χ1) is 17.4. The van der Waals surface area contributed by atoms with E-state index in [2.05, 4.69) is 16.0 Å². The number of rotatable bonds is 15. The van der Waals surface area contributed by atoms with E-state index in [1.165, 1.54) is 0 Å². The maximum absolute atomic E-state index is 13.0. The highest BCUT2D eigenvalue weighted by Crippen LogP contribution is 2.32. The van der Waals surface area contributed by atoms with E-state index in [0.717, 1.165) is 4.90 Å². The zero-order valence-electron chi connectivity index (χ0n) is 19.9. The lowest BCUT2D eigenvalue weighted by atomic mass is 10.0. The number of anilines is 1. The minimum atomic E-state index is -1.01. The van der Waals surface area contributed by atoms with Crippen LogP contribution >= 0.6 is 0 Å². The minimum absolute atomic E-state index is 0.0485. The van der Waals surface area contributed by atoms with Crippen molar-refractivity contribution in [1.29, 1.82) is 0 Å². The molecule has 0 radical (unpaired) electrons. The Balaban J connectivity index is 1.34. The van der Waals surface area contributed by atoms with Crippen molar-refractivity contribution in [3.05, 3.63) is 29.3 Å². The Bertz CT molecular complexity index is 985. The van der Waals surface area contributed by atoms with Gasteiger partial charge in [-0.2, -0.15) is 0 Å². The lowest BCUT2D eigenvalue weighted by molar-refractivity contribution is -0.136. The SMILES string of the molecule is NCC(=O)NCCOCCOCCOCCNc1cccc2c1C(=O)N(C1CCC(=O)NC1=O)C2=O. The maximum atomic E-state index is 13.0. The number of hydrogen-bond acceptors (Lipinski definition) is 10. The molecule has 13 heteroatoms. The Morgan fingerprint density at radius 3 is 2.31 bits per heavy atom. The molecule has 36 heavy (non-hydrogen) atoms. The van der Waals surface area contributed by atoms with Gasteiger partial charge in [-0.25, -0.2) is 0 Å². The predicted octanol–water partition coefficient (Wildman–Crippen LogP) is -1.38. The van der Waals surface area contributed by atoms with Crippen LogP contribution in [0.25, 0.3) is 0 Å². The first-order valence-corrected chi connectivity index (χ1v) is 11.7. The quantitative estimate of drug-likeness (QED) is 0.164. The Hall–Kier alpha value is -3.39. The summed E-state index contributed by atoms with van der Waals surface area (Å²) in [4.78, 5) is 61.4. The Morgan fingerprint density at radius 1 is 0.972 bits per heavy atom. The first kappa shape index (κ1) is 27.2. The summed E-state index contributed by atoms with van der Waals surface area (Å²) in [7, 11) is 0. The number of hydrogen-bond donors (Lipinski definition) is 4. The molecule has 2 aliphatic heterocycles. The third-order valence-electron chi connectivity index (χ3n) is 5.53. The Labute approximate surface area is 208 Å². The van der Waals surface area contributed by atoms with Gasteiger partial charge in [0.1, 0.15) is 6.04 Å². The molecule has 13 nitrogen and oxygen atoms in total. The van der Waals surface area contributed by atoms with Crippen LogP contribution < -0.4 is 21.7 Å². The molecule has 0 aromatic heterocycles. The van der Waals surface area contributed by atoms with E-state index in [9.17, 15) is 24.0 Å². The average molecular weight is 506 g/mol. The van der Waals surface area contributed by atoms with Crippen LogP contribution in [0, 0.1) is 0 Å². The summed E-state index contributed by atoms with van der Waals surface area (Å²) in [6, 6.07) is 3.88. The molecule has 1 saturated heterocycles. The largest absolute Gasteiger partial charge is 0.382 e. The molecule has 1 atom stereocenters. The molecule has 3 rings (SSSR count).